The van der Waals surface area contributed by atoms with E-state index in [-0.39, 0.29) is 0 Å². The van der Waals surface area contributed by atoms with Crippen LogP contribution in [0.4, 0.5) is 0 Å². The number of alkyl halides is 1. The second kappa shape index (κ2) is 2.04. The lowest BCUT2D eigenvalue weighted by Crippen LogP contribution is -1.88. The zero-order chi connectivity index (χ0) is 5.28. The molecule has 1 radical (unpaired) electrons. The van der Waals surface area contributed by atoms with Gasteiger partial charge in [0.05, 0.1) is 0 Å². The van der Waals surface area contributed by atoms with Crippen molar-refractivity contribution in [1.29, 1.82) is 0 Å². The van der Waals surface area contributed by atoms with Gasteiger partial charge in [-0.25, -0.2) is 0 Å². The van der Waals surface area contributed by atoms with Gasteiger partial charge in [-0.3, -0.25) is 0 Å². The van der Waals surface area contributed by atoms with E-state index in [2.05, 4.69) is 6.92 Å². The first-order chi connectivity index (χ1) is 3.29. The molecule has 0 aliphatic heterocycles. The molecular formula is C6H10Cl. The van der Waals surface area contributed by atoms with E-state index in [9.17, 15) is 0 Å². The van der Waals surface area contributed by atoms with Crippen molar-refractivity contribution >= 4 is 11.6 Å². The van der Waals surface area contributed by atoms with Crippen molar-refractivity contribution in [1.82, 2.24) is 0 Å². The van der Waals surface area contributed by atoms with E-state index >= 15 is 0 Å². The summed E-state index contributed by atoms with van der Waals surface area (Å²) in [6.45, 7) is 3.90. The Morgan fingerprint density at radius 2 is 2.14 bits per heavy atom. The molecule has 0 spiro atoms. The van der Waals surface area contributed by atoms with Crippen LogP contribution in [-0.4, -0.2) is 5.38 Å². The summed E-state index contributed by atoms with van der Waals surface area (Å²) in [5.74, 6) is 0.641. The average Bonchev–Trinajstić information content (AvgIpc) is 1.87. The van der Waals surface area contributed by atoms with Crippen molar-refractivity contribution in [3.05, 3.63) is 6.92 Å². The van der Waals surface area contributed by atoms with Crippen molar-refractivity contribution < 1.29 is 0 Å². The summed E-state index contributed by atoms with van der Waals surface area (Å²) in [6, 6.07) is 0. The van der Waals surface area contributed by atoms with E-state index in [1.165, 1.54) is 12.8 Å². The molecular weight excluding hydrogens is 108 g/mol. The quantitative estimate of drug-likeness (QED) is 0.427. The minimum Gasteiger partial charge on any atom is -0.123 e. The van der Waals surface area contributed by atoms with Gasteiger partial charge in [0.15, 0.2) is 0 Å². The minimum absolute atomic E-state index is 0.433. The second-order valence-electron chi connectivity index (χ2n) is 2.28. The monoisotopic (exact) mass is 117 g/mol. The molecule has 2 atom stereocenters. The Labute approximate surface area is 49.9 Å². The Bertz CT molecular complexity index is 53.2. The molecule has 2 unspecified atom stereocenters. The zero-order valence-electron chi connectivity index (χ0n) is 4.36. The normalized spacial score (nSPS) is 42.0. The van der Waals surface area contributed by atoms with Crippen LogP contribution in [0.3, 0.4) is 0 Å². The van der Waals surface area contributed by atoms with Gasteiger partial charge >= 0.3 is 0 Å². The maximum absolute atomic E-state index is 5.77. The largest absolute Gasteiger partial charge is 0.123 e. The van der Waals surface area contributed by atoms with Gasteiger partial charge in [-0.2, -0.15) is 0 Å². The molecule has 0 N–H and O–H groups in total. The van der Waals surface area contributed by atoms with Gasteiger partial charge in [-0.15, -0.1) is 11.6 Å². The third-order valence-electron chi connectivity index (χ3n) is 1.48. The number of halogens is 1. The van der Waals surface area contributed by atoms with E-state index in [0.717, 1.165) is 6.42 Å². The van der Waals surface area contributed by atoms with Crippen molar-refractivity contribution in [2.24, 2.45) is 5.92 Å². The molecule has 41 valence electrons. The Balaban J connectivity index is 2.26. The SMILES string of the molecule is [CH2]C1CCC(Cl)C1. The Morgan fingerprint density at radius 1 is 1.43 bits per heavy atom. The van der Waals surface area contributed by atoms with Gasteiger partial charge in [-0.1, -0.05) is 6.92 Å². The number of rotatable bonds is 0. The molecule has 0 saturated heterocycles. The van der Waals surface area contributed by atoms with Gasteiger partial charge in [0.25, 0.3) is 0 Å². The van der Waals surface area contributed by atoms with Gasteiger partial charge in [0.1, 0.15) is 0 Å². The third-order valence-corrected chi connectivity index (χ3v) is 1.87. The molecule has 1 rings (SSSR count). The number of hydrogen-bond donors (Lipinski definition) is 0. The van der Waals surface area contributed by atoms with E-state index in [4.69, 9.17) is 11.6 Å². The molecule has 1 aliphatic carbocycles. The maximum atomic E-state index is 5.77. The second-order valence-corrected chi connectivity index (χ2v) is 2.89. The topological polar surface area (TPSA) is 0 Å². The number of hydrogen-bond acceptors (Lipinski definition) is 0. The van der Waals surface area contributed by atoms with Gasteiger partial charge < -0.3 is 0 Å². The lowest BCUT2D eigenvalue weighted by Gasteiger charge is -1.94. The molecule has 1 saturated carbocycles. The Morgan fingerprint density at radius 3 is 2.29 bits per heavy atom. The van der Waals surface area contributed by atoms with Gasteiger partial charge in [0.2, 0.25) is 0 Å². The molecule has 0 bridgehead atoms. The predicted molar refractivity (Wildman–Crippen MR) is 32.3 cm³/mol. The first-order valence-electron chi connectivity index (χ1n) is 2.76. The van der Waals surface area contributed by atoms with Crippen LogP contribution in [0.2, 0.25) is 0 Å². The van der Waals surface area contributed by atoms with Crippen LogP contribution in [0.15, 0.2) is 0 Å². The molecule has 1 heteroatoms. The molecule has 0 heterocycles. The van der Waals surface area contributed by atoms with Crippen molar-refractivity contribution in [3.63, 3.8) is 0 Å². The summed E-state index contributed by atoms with van der Waals surface area (Å²) < 4.78 is 0. The van der Waals surface area contributed by atoms with Crippen molar-refractivity contribution in [2.45, 2.75) is 24.6 Å². The van der Waals surface area contributed by atoms with Crippen LogP contribution >= 0.6 is 11.6 Å². The molecule has 1 fully saturated rings. The predicted octanol–water partition coefficient (Wildman–Crippen LogP) is 2.23. The lowest BCUT2D eigenvalue weighted by molar-refractivity contribution is 0.682. The fourth-order valence-electron chi connectivity index (χ4n) is 1.01. The molecule has 0 aromatic heterocycles. The highest BCUT2D eigenvalue weighted by molar-refractivity contribution is 6.20. The molecule has 0 aromatic carbocycles. The molecule has 0 aromatic rings. The van der Waals surface area contributed by atoms with E-state index in [1.807, 2.05) is 0 Å². The zero-order valence-corrected chi connectivity index (χ0v) is 5.12. The molecule has 0 nitrogen and oxygen atoms in total. The lowest BCUT2D eigenvalue weighted by atomic mass is 10.2. The fraction of sp³-hybridized carbons (Fsp3) is 0.833. The van der Waals surface area contributed by atoms with Gasteiger partial charge in [0, 0.05) is 5.38 Å². The van der Waals surface area contributed by atoms with E-state index in [0.29, 0.717) is 11.3 Å². The standard InChI is InChI=1S/C6H10Cl/c1-5-2-3-6(7)4-5/h5-6H,1-4H2. The van der Waals surface area contributed by atoms with Crippen LogP contribution in [0.5, 0.6) is 0 Å². The average molecular weight is 118 g/mol. The first-order valence-corrected chi connectivity index (χ1v) is 3.20. The van der Waals surface area contributed by atoms with Crippen LogP contribution in [0.1, 0.15) is 19.3 Å². The minimum atomic E-state index is 0.433. The fourth-order valence-corrected chi connectivity index (χ4v) is 1.39. The van der Waals surface area contributed by atoms with E-state index < -0.39 is 0 Å². The van der Waals surface area contributed by atoms with Crippen LogP contribution in [0, 0.1) is 12.8 Å². The highest BCUT2D eigenvalue weighted by atomic mass is 35.5. The van der Waals surface area contributed by atoms with Crippen molar-refractivity contribution in [3.8, 4) is 0 Å². The third kappa shape index (κ3) is 1.34. The van der Waals surface area contributed by atoms with E-state index in [1.54, 1.807) is 0 Å². The summed E-state index contributed by atoms with van der Waals surface area (Å²) in [4.78, 5) is 0. The summed E-state index contributed by atoms with van der Waals surface area (Å²) in [6.07, 6.45) is 3.53. The summed E-state index contributed by atoms with van der Waals surface area (Å²) >= 11 is 5.77. The molecule has 7 heavy (non-hydrogen) atoms. The van der Waals surface area contributed by atoms with Crippen LogP contribution in [-0.2, 0) is 0 Å². The van der Waals surface area contributed by atoms with Crippen molar-refractivity contribution in [2.75, 3.05) is 0 Å². The Kier molecular flexibility index (Phi) is 1.58. The maximum Gasteiger partial charge on any atom is 0.0338 e. The first kappa shape index (κ1) is 5.43. The van der Waals surface area contributed by atoms with Crippen LogP contribution in [0.25, 0.3) is 0 Å². The molecule has 1 aliphatic rings. The highest BCUT2D eigenvalue weighted by Gasteiger charge is 2.17. The van der Waals surface area contributed by atoms with Gasteiger partial charge in [-0.05, 0) is 25.2 Å². The molecule has 0 amide bonds. The smallest absolute Gasteiger partial charge is 0.0338 e. The summed E-state index contributed by atoms with van der Waals surface area (Å²) in [5.41, 5.74) is 0. The summed E-state index contributed by atoms with van der Waals surface area (Å²) in [5, 5.41) is 0.433. The highest BCUT2D eigenvalue weighted by Crippen LogP contribution is 2.27. The Hall–Kier alpha value is 0.290. The van der Waals surface area contributed by atoms with Crippen LogP contribution < -0.4 is 0 Å². The summed E-state index contributed by atoms with van der Waals surface area (Å²) in [7, 11) is 0.